The van der Waals surface area contributed by atoms with Crippen LogP contribution in [0.3, 0.4) is 0 Å². The van der Waals surface area contributed by atoms with Crippen molar-refractivity contribution in [1.82, 2.24) is 0 Å². The van der Waals surface area contributed by atoms with Gasteiger partial charge in [-0.2, -0.15) is 0 Å². The summed E-state index contributed by atoms with van der Waals surface area (Å²) >= 11 is 0. The minimum Gasteiger partial charge on any atom is -0.380 e. The lowest BCUT2D eigenvalue weighted by Crippen LogP contribution is -2.27. The molecule has 0 aromatic rings. The van der Waals surface area contributed by atoms with E-state index in [0.29, 0.717) is 0 Å². The lowest BCUT2D eigenvalue weighted by atomic mass is 9.90. The Hall–Kier alpha value is -0.0800. The number of hydrogen-bond donors (Lipinski definition) is 1. The fourth-order valence-electron chi connectivity index (χ4n) is 2.19. The lowest BCUT2D eigenvalue weighted by Gasteiger charge is -2.22. The molecule has 0 aliphatic heterocycles. The van der Waals surface area contributed by atoms with Crippen molar-refractivity contribution in [1.29, 1.82) is 0 Å². The van der Waals surface area contributed by atoms with E-state index in [4.69, 9.17) is 10.5 Å². The Kier molecular flexibility index (Phi) is 6.20. The van der Waals surface area contributed by atoms with Gasteiger partial charge in [-0.05, 0) is 25.2 Å². The molecule has 1 rings (SSSR count). The summed E-state index contributed by atoms with van der Waals surface area (Å²) in [6, 6.07) is 0.253. The summed E-state index contributed by atoms with van der Waals surface area (Å²) in [7, 11) is 0. The molecular weight excluding hydrogens is 174 g/mol. The van der Waals surface area contributed by atoms with Crippen LogP contribution in [0.25, 0.3) is 0 Å². The van der Waals surface area contributed by atoms with Gasteiger partial charge in [0.15, 0.2) is 0 Å². The quantitative estimate of drug-likeness (QED) is 0.714. The second-order valence-electron chi connectivity index (χ2n) is 4.59. The highest BCUT2D eigenvalue weighted by molar-refractivity contribution is 4.66. The molecule has 2 heteroatoms. The van der Waals surface area contributed by atoms with Crippen LogP contribution in [-0.2, 0) is 4.74 Å². The standard InChI is InChI=1S/C12H25NO/c1-2-6-12(13)10-14-9-11-7-4-3-5-8-11/h11-12H,2-10,13H2,1H3. The number of ether oxygens (including phenoxy) is 1. The number of hydrogen-bond acceptors (Lipinski definition) is 2. The van der Waals surface area contributed by atoms with Gasteiger partial charge in [-0.15, -0.1) is 0 Å². The largest absolute Gasteiger partial charge is 0.380 e. The molecule has 1 saturated carbocycles. The fraction of sp³-hybridized carbons (Fsp3) is 1.00. The highest BCUT2D eigenvalue weighted by Gasteiger charge is 2.13. The predicted octanol–water partition coefficient (Wildman–Crippen LogP) is 2.71. The number of nitrogens with two attached hydrogens (primary N) is 1. The molecule has 14 heavy (non-hydrogen) atoms. The molecule has 0 heterocycles. The van der Waals surface area contributed by atoms with Gasteiger partial charge in [0.25, 0.3) is 0 Å². The van der Waals surface area contributed by atoms with E-state index in [2.05, 4.69) is 6.92 Å². The van der Waals surface area contributed by atoms with Gasteiger partial charge in [-0.25, -0.2) is 0 Å². The maximum atomic E-state index is 5.87. The zero-order valence-electron chi connectivity index (χ0n) is 9.50. The first-order valence-corrected chi connectivity index (χ1v) is 6.16. The van der Waals surface area contributed by atoms with Gasteiger partial charge in [0.1, 0.15) is 0 Å². The van der Waals surface area contributed by atoms with E-state index in [1.54, 1.807) is 0 Å². The summed E-state index contributed by atoms with van der Waals surface area (Å²) in [5.74, 6) is 0.817. The molecule has 1 fully saturated rings. The van der Waals surface area contributed by atoms with E-state index < -0.39 is 0 Å². The van der Waals surface area contributed by atoms with Gasteiger partial charge in [0, 0.05) is 12.6 Å². The second kappa shape index (κ2) is 7.24. The van der Waals surface area contributed by atoms with Gasteiger partial charge in [-0.1, -0.05) is 32.6 Å². The third-order valence-corrected chi connectivity index (χ3v) is 3.07. The molecule has 0 aromatic carbocycles. The van der Waals surface area contributed by atoms with E-state index in [0.717, 1.165) is 32.0 Å². The van der Waals surface area contributed by atoms with Crippen LogP contribution < -0.4 is 5.73 Å². The summed E-state index contributed by atoms with van der Waals surface area (Å²) in [6.07, 6.45) is 9.20. The van der Waals surface area contributed by atoms with Gasteiger partial charge in [0.2, 0.25) is 0 Å². The third-order valence-electron chi connectivity index (χ3n) is 3.07. The van der Waals surface area contributed by atoms with Crippen molar-refractivity contribution in [3.63, 3.8) is 0 Å². The van der Waals surface area contributed by atoms with Crippen molar-refractivity contribution < 1.29 is 4.74 Å². The van der Waals surface area contributed by atoms with Gasteiger partial charge < -0.3 is 10.5 Å². The molecule has 0 saturated heterocycles. The monoisotopic (exact) mass is 199 g/mol. The van der Waals surface area contributed by atoms with Gasteiger partial charge in [-0.3, -0.25) is 0 Å². The van der Waals surface area contributed by atoms with Crippen LogP contribution in [0.5, 0.6) is 0 Å². The maximum absolute atomic E-state index is 5.87. The molecule has 1 unspecified atom stereocenters. The topological polar surface area (TPSA) is 35.2 Å². The van der Waals surface area contributed by atoms with Crippen LogP contribution >= 0.6 is 0 Å². The molecule has 2 nitrogen and oxygen atoms in total. The third kappa shape index (κ3) is 4.97. The summed E-state index contributed by atoms with van der Waals surface area (Å²) in [4.78, 5) is 0. The Labute approximate surface area is 88.2 Å². The Bertz CT molecular complexity index is 132. The zero-order chi connectivity index (χ0) is 10.2. The van der Waals surface area contributed by atoms with Crippen LogP contribution in [0.1, 0.15) is 51.9 Å². The normalized spacial score (nSPS) is 21.0. The van der Waals surface area contributed by atoms with Crippen LogP contribution in [0.2, 0.25) is 0 Å². The smallest absolute Gasteiger partial charge is 0.0617 e. The van der Waals surface area contributed by atoms with Crippen molar-refractivity contribution in [3.8, 4) is 0 Å². The Morgan fingerprint density at radius 1 is 1.29 bits per heavy atom. The molecule has 2 N–H and O–H groups in total. The van der Waals surface area contributed by atoms with Crippen molar-refractivity contribution >= 4 is 0 Å². The van der Waals surface area contributed by atoms with Crippen LogP contribution in [0.4, 0.5) is 0 Å². The van der Waals surface area contributed by atoms with E-state index in [9.17, 15) is 0 Å². The number of rotatable bonds is 6. The van der Waals surface area contributed by atoms with Crippen LogP contribution in [-0.4, -0.2) is 19.3 Å². The van der Waals surface area contributed by atoms with Crippen molar-refractivity contribution in [2.24, 2.45) is 11.7 Å². The first-order valence-electron chi connectivity index (χ1n) is 6.16. The first-order chi connectivity index (χ1) is 6.83. The predicted molar refractivity (Wildman–Crippen MR) is 60.3 cm³/mol. The molecule has 0 aromatic heterocycles. The minimum atomic E-state index is 0.253. The molecule has 0 bridgehead atoms. The van der Waals surface area contributed by atoms with Crippen molar-refractivity contribution in [2.45, 2.75) is 57.9 Å². The highest BCUT2D eigenvalue weighted by atomic mass is 16.5. The molecule has 1 atom stereocenters. The van der Waals surface area contributed by atoms with Crippen LogP contribution in [0, 0.1) is 5.92 Å². The average molecular weight is 199 g/mol. The lowest BCUT2D eigenvalue weighted by molar-refractivity contribution is 0.0745. The van der Waals surface area contributed by atoms with Gasteiger partial charge >= 0.3 is 0 Å². The SMILES string of the molecule is CCCC(N)COCC1CCCCC1. The summed E-state index contributed by atoms with van der Waals surface area (Å²) < 4.78 is 5.66. The second-order valence-corrected chi connectivity index (χ2v) is 4.59. The molecular formula is C12H25NO. The molecule has 0 spiro atoms. The fourth-order valence-corrected chi connectivity index (χ4v) is 2.19. The minimum absolute atomic E-state index is 0.253. The van der Waals surface area contributed by atoms with Crippen molar-refractivity contribution in [2.75, 3.05) is 13.2 Å². The van der Waals surface area contributed by atoms with Crippen molar-refractivity contribution in [3.05, 3.63) is 0 Å². The van der Waals surface area contributed by atoms with E-state index in [1.165, 1.54) is 32.1 Å². The first kappa shape index (κ1) is 12.0. The Morgan fingerprint density at radius 2 is 2.00 bits per heavy atom. The van der Waals surface area contributed by atoms with Crippen LogP contribution in [0.15, 0.2) is 0 Å². The Balaban J connectivity index is 1.96. The molecule has 1 aliphatic rings. The summed E-state index contributed by atoms with van der Waals surface area (Å²) in [6.45, 7) is 3.86. The molecule has 1 aliphatic carbocycles. The van der Waals surface area contributed by atoms with Gasteiger partial charge in [0.05, 0.1) is 6.61 Å². The van der Waals surface area contributed by atoms with E-state index >= 15 is 0 Å². The Morgan fingerprint density at radius 3 is 2.64 bits per heavy atom. The molecule has 0 amide bonds. The van der Waals surface area contributed by atoms with E-state index in [1.807, 2.05) is 0 Å². The molecule has 84 valence electrons. The summed E-state index contributed by atoms with van der Waals surface area (Å²) in [5, 5.41) is 0. The van der Waals surface area contributed by atoms with E-state index in [-0.39, 0.29) is 6.04 Å². The maximum Gasteiger partial charge on any atom is 0.0617 e. The zero-order valence-corrected chi connectivity index (χ0v) is 9.50. The average Bonchev–Trinajstić information content (AvgIpc) is 2.20. The summed E-state index contributed by atoms with van der Waals surface area (Å²) in [5.41, 5.74) is 5.87. The highest BCUT2D eigenvalue weighted by Crippen LogP contribution is 2.23. The molecule has 0 radical (unpaired) electrons.